The maximum absolute atomic E-state index is 11.9. The van der Waals surface area contributed by atoms with E-state index in [9.17, 15) is 4.79 Å². The molecule has 6 heteroatoms. The Bertz CT molecular complexity index is 525. The quantitative estimate of drug-likeness (QED) is 0.927. The third-order valence-corrected chi connectivity index (χ3v) is 3.60. The highest BCUT2D eigenvalue weighted by Gasteiger charge is 2.33. The molecule has 6 nitrogen and oxygen atoms in total. The molecule has 1 amide bonds. The van der Waals surface area contributed by atoms with Crippen molar-refractivity contribution < 1.29 is 9.53 Å². The van der Waals surface area contributed by atoms with Gasteiger partial charge >= 0.3 is 6.09 Å². The molecule has 0 bridgehead atoms. The Morgan fingerprint density at radius 2 is 2.09 bits per heavy atom. The van der Waals surface area contributed by atoms with Crippen LogP contribution in [0.15, 0.2) is 6.20 Å². The highest BCUT2D eigenvalue weighted by Crippen LogP contribution is 2.19. The average molecular weight is 308 g/mol. The highest BCUT2D eigenvalue weighted by atomic mass is 16.6. The number of ether oxygens (including phenoxy) is 1. The summed E-state index contributed by atoms with van der Waals surface area (Å²) in [5.41, 5.74) is 1.93. The molecule has 1 saturated heterocycles. The lowest BCUT2D eigenvalue weighted by Crippen LogP contribution is -2.60. The van der Waals surface area contributed by atoms with Crippen molar-refractivity contribution >= 4 is 6.09 Å². The van der Waals surface area contributed by atoms with Gasteiger partial charge in [0.15, 0.2) is 0 Å². The van der Waals surface area contributed by atoms with Gasteiger partial charge in [-0.3, -0.25) is 4.68 Å². The van der Waals surface area contributed by atoms with Crippen molar-refractivity contribution in [3.63, 3.8) is 0 Å². The standard InChI is InChI=1S/C16H28N4O2/c1-11(2)14-12(8-19(6)18-14)7-17-13-9-20(10-13)15(21)22-16(3,4)5/h8,11,13,17H,7,9-10H2,1-6H3. The fourth-order valence-electron chi connectivity index (χ4n) is 2.51. The molecule has 0 spiro atoms. The SMILES string of the molecule is CC(C)c1nn(C)cc1CNC1CN(C(=O)OC(C)(C)C)C1. The van der Waals surface area contributed by atoms with Gasteiger partial charge in [-0.15, -0.1) is 0 Å². The Balaban J connectivity index is 1.78. The first-order valence-corrected chi connectivity index (χ1v) is 7.89. The molecule has 1 fully saturated rings. The molecule has 0 saturated carbocycles. The van der Waals surface area contributed by atoms with E-state index in [1.165, 1.54) is 5.56 Å². The summed E-state index contributed by atoms with van der Waals surface area (Å²) >= 11 is 0. The minimum absolute atomic E-state index is 0.227. The van der Waals surface area contributed by atoms with Gasteiger partial charge < -0.3 is 15.0 Å². The molecular weight excluding hydrogens is 280 g/mol. The number of nitrogens with zero attached hydrogens (tertiary/aromatic N) is 3. The zero-order valence-electron chi connectivity index (χ0n) is 14.5. The van der Waals surface area contributed by atoms with Crippen LogP contribution in [0.5, 0.6) is 0 Å². The fraction of sp³-hybridized carbons (Fsp3) is 0.750. The van der Waals surface area contributed by atoms with Crippen molar-refractivity contribution in [2.45, 2.75) is 58.7 Å². The lowest BCUT2D eigenvalue weighted by molar-refractivity contribution is 0.00518. The zero-order valence-corrected chi connectivity index (χ0v) is 14.5. The predicted octanol–water partition coefficient (Wildman–Crippen LogP) is 2.25. The van der Waals surface area contributed by atoms with E-state index < -0.39 is 5.60 Å². The van der Waals surface area contributed by atoms with Gasteiger partial charge in [0.1, 0.15) is 5.60 Å². The van der Waals surface area contributed by atoms with Crippen LogP contribution in [0.3, 0.4) is 0 Å². The van der Waals surface area contributed by atoms with Crippen LogP contribution in [0.2, 0.25) is 0 Å². The average Bonchev–Trinajstić information content (AvgIpc) is 2.66. The van der Waals surface area contributed by atoms with E-state index in [0.717, 1.165) is 12.2 Å². The number of carbonyl (C=O) groups excluding carboxylic acids is 1. The molecular formula is C16H28N4O2. The molecule has 2 rings (SSSR count). The van der Waals surface area contributed by atoms with Crippen LogP contribution in [0.4, 0.5) is 4.79 Å². The van der Waals surface area contributed by atoms with Gasteiger partial charge in [0, 0.05) is 44.5 Å². The zero-order chi connectivity index (χ0) is 16.5. The molecule has 0 radical (unpaired) electrons. The van der Waals surface area contributed by atoms with Crippen LogP contribution in [-0.2, 0) is 18.3 Å². The van der Waals surface area contributed by atoms with Gasteiger partial charge in [0.2, 0.25) is 0 Å². The Morgan fingerprint density at radius 3 is 2.64 bits per heavy atom. The number of hydrogen-bond donors (Lipinski definition) is 1. The normalized spacial score (nSPS) is 16.0. The van der Waals surface area contributed by atoms with E-state index in [1.807, 2.05) is 32.5 Å². The third-order valence-electron chi connectivity index (χ3n) is 3.60. The number of aromatic nitrogens is 2. The van der Waals surface area contributed by atoms with E-state index >= 15 is 0 Å². The van der Waals surface area contributed by atoms with E-state index in [4.69, 9.17) is 4.74 Å². The van der Waals surface area contributed by atoms with Gasteiger partial charge in [-0.05, 0) is 26.7 Å². The maximum Gasteiger partial charge on any atom is 0.410 e. The van der Waals surface area contributed by atoms with Crippen molar-refractivity contribution in [2.75, 3.05) is 13.1 Å². The number of aryl methyl sites for hydroxylation is 1. The van der Waals surface area contributed by atoms with Crippen molar-refractivity contribution in [1.82, 2.24) is 20.0 Å². The summed E-state index contributed by atoms with van der Waals surface area (Å²) in [6.45, 7) is 12.1. The Hall–Kier alpha value is -1.56. The van der Waals surface area contributed by atoms with Crippen molar-refractivity contribution in [2.24, 2.45) is 7.05 Å². The number of carbonyl (C=O) groups is 1. The second-order valence-corrected chi connectivity index (χ2v) is 7.33. The number of amides is 1. The lowest BCUT2D eigenvalue weighted by Gasteiger charge is -2.40. The summed E-state index contributed by atoms with van der Waals surface area (Å²) in [4.78, 5) is 13.6. The van der Waals surface area contributed by atoms with Crippen molar-refractivity contribution in [3.05, 3.63) is 17.5 Å². The van der Waals surface area contributed by atoms with Gasteiger partial charge in [0.05, 0.1) is 5.69 Å². The second kappa shape index (κ2) is 6.28. The molecule has 1 aliphatic rings. The van der Waals surface area contributed by atoms with Gasteiger partial charge in [-0.25, -0.2) is 4.79 Å². The monoisotopic (exact) mass is 308 g/mol. The minimum Gasteiger partial charge on any atom is -0.444 e. The smallest absolute Gasteiger partial charge is 0.410 e. The summed E-state index contributed by atoms with van der Waals surface area (Å²) in [7, 11) is 1.95. The second-order valence-electron chi connectivity index (χ2n) is 7.33. The predicted molar refractivity (Wildman–Crippen MR) is 85.7 cm³/mol. The summed E-state index contributed by atoms with van der Waals surface area (Å²) < 4.78 is 7.21. The summed E-state index contributed by atoms with van der Waals surface area (Å²) in [5.74, 6) is 0.414. The summed E-state index contributed by atoms with van der Waals surface area (Å²) in [5, 5.41) is 8.00. The molecule has 1 N–H and O–H groups in total. The Labute approximate surface area is 132 Å². The van der Waals surface area contributed by atoms with Gasteiger partial charge in [0.25, 0.3) is 0 Å². The first-order valence-electron chi connectivity index (χ1n) is 7.89. The molecule has 2 heterocycles. The lowest BCUT2D eigenvalue weighted by atomic mass is 10.1. The van der Waals surface area contributed by atoms with E-state index in [0.29, 0.717) is 25.0 Å². The molecule has 1 aromatic rings. The fourth-order valence-corrected chi connectivity index (χ4v) is 2.51. The minimum atomic E-state index is -0.433. The molecule has 0 aliphatic carbocycles. The van der Waals surface area contributed by atoms with Crippen LogP contribution in [0, 0.1) is 0 Å². The van der Waals surface area contributed by atoms with E-state index in [1.54, 1.807) is 4.90 Å². The molecule has 0 unspecified atom stereocenters. The molecule has 1 aliphatic heterocycles. The van der Waals surface area contributed by atoms with Crippen LogP contribution in [-0.4, -0.2) is 45.5 Å². The van der Waals surface area contributed by atoms with E-state index in [-0.39, 0.29) is 6.09 Å². The molecule has 0 aromatic carbocycles. The van der Waals surface area contributed by atoms with Crippen LogP contribution in [0.25, 0.3) is 0 Å². The number of hydrogen-bond acceptors (Lipinski definition) is 4. The molecule has 124 valence electrons. The molecule has 0 atom stereocenters. The topological polar surface area (TPSA) is 59.4 Å². The first kappa shape index (κ1) is 16.8. The van der Waals surface area contributed by atoms with Crippen LogP contribution in [0.1, 0.15) is 51.8 Å². The number of rotatable bonds is 4. The van der Waals surface area contributed by atoms with Crippen LogP contribution < -0.4 is 5.32 Å². The van der Waals surface area contributed by atoms with Gasteiger partial charge in [-0.2, -0.15) is 5.10 Å². The Morgan fingerprint density at radius 1 is 1.45 bits per heavy atom. The van der Waals surface area contributed by atoms with Crippen molar-refractivity contribution in [3.8, 4) is 0 Å². The van der Waals surface area contributed by atoms with Crippen molar-refractivity contribution in [1.29, 1.82) is 0 Å². The van der Waals surface area contributed by atoms with E-state index in [2.05, 4.69) is 30.5 Å². The van der Waals surface area contributed by atoms with Gasteiger partial charge in [-0.1, -0.05) is 13.8 Å². The summed E-state index contributed by atoms with van der Waals surface area (Å²) in [6.07, 6.45) is 1.84. The largest absolute Gasteiger partial charge is 0.444 e. The maximum atomic E-state index is 11.9. The Kier molecular flexibility index (Phi) is 4.80. The first-order chi connectivity index (χ1) is 10.2. The number of likely N-dealkylation sites (tertiary alicyclic amines) is 1. The summed E-state index contributed by atoms with van der Waals surface area (Å²) in [6, 6.07) is 0.327. The number of nitrogens with one attached hydrogen (secondary N) is 1. The molecule has 22 heavy (non-hydrogen) atoms. The third kappa shape index (κ3) is 4.22. The molecule has 1 aromatic heterocycles. The highest BCUT2D eigenvalue weighted by molar-refractivity contribution is 5.69. The van der Waals surface area contributed by atoms with Crippen LogP contribution >= 0.6 is 0 Å².